The Labute approximate surface area is 114 Å². The molecule has 0 aromatic heterocycles. The van der Waals surface area contributed by atoms with Crippen molar-refractivity contribution >= 4 is 12.0 Å². The minimum atomic E-state index is -0.798. The Morgan fingerprint density at radius 3 is 2.53 bits per heavy atom. The van der Waals surface area contributed by atoms with Gasteiger partial charge >= 0.3 is 12.0 Å². The van der Waals surface area contributed by atoms with E-state index >= 15 is 0 Å². The molecule has 2 rings (SSSR count). The van der Waals surface area contributed by atoms with Gasteiger partial charge in [0.25, 0.3) is 0 Å². The van der Waals surface area contributed by atoms with Crippen molar-refractivity contribution in [3.8, 4) is 0 Å². The van der Waals surface area contributed by atoms with E-state index in [9.17, 15) is 9.59 Å². The van der Waals surface area contributed by atoms with Gasteiger partial charge in [-0.15, -0.1) is 0 Å². The number of rotatable bonds is 3. The van der Waals surface area contributed by atoms with Gasteiger partial charge in [-0.3, -0.25) is 4.79 Å². The van der Waals surface area contributed by atoms with Crippen LogP contribution in [-0.2, 0) is 4.79 Å². The van der Waals surface area contributed by atoms with E-state index in [-0.39, 0.29) is 11.9 Å². The molecule has 1 aliphatic heterocycles. The van der Waals surface area contributed by atoms with E-state index in [0.717, 1.165) is 6.42 Å². The van der Waals surface area contributed by atoms with Gasteiger partial charge in [0.15, 0.2) is 0 Å². The average Bonchev–Trinajstić information content (AvgIpc) is 2.93. The lowest BCUT2D eigenvalue weighted by atomic mass is 9.91. The average molecular weight is 268 g/mol. The first-order valence-corrected chi connectivity index (χ1v) is 7.05. The van der Waals surface area contributed by atoms with Crippen LogP contribution in [0.15, 0.2) is 0 Å². The fourth-order valence-corrected chi connectivity index (χ4v) is 2.94. The molecule has 2 N–H and O–H groups in total. The summed E-state index contributed by atoms with van der Waals surface area (Å²) >= 11 is 0. The second-order valence-electron chi connectivity index (χ2n) is 6.86. The molecule has 2 amide bonds. The quantitative estimate of drug-likeness (QED) is 0.819. The summed E-state index contributed by atoms with van der Waals surface area (Å²) in [5.41, 5.74) is 0.353. The van der Waals surface area contributed by atoms with Crippen molar-refractivity contribution in [2.45, 2.75) is 33.6 Å². The monoisotopic (exact) mass is 268 g/mol. The van der Waals surface area contributed by atoms with Crippen LogP contribution >= 0.6 is 0 Å². The molecule has 0 spiro atoms. The maximum absolute atomic E-state index is 12.1. The Kier molecular flexibility index (Phi) is 3.74. The SMILES string of the molecule is CC1CC(C(=O)O)CN(C(=O)NCC2CC2(C)C)C1. The van der Waals surface area contributed by atoms with Crippen molar-refractivity contribution in [1.29, 1.82) is 0 Å². The lowest BCUT2D eigenvalue weighted by Crippen LogP contribution is -2.49. The lowest BCUT2D eigenvalue weighted by molar-refractivity contribution is -0.143. The van der Waals surface area contributed by atoms with Gasteiger partial charge in [-0.05, 0) is 30.1 Å². The van der Waals surface area contributed by atoms with Crippen LogP contribution in [0, 0.1) is 23.2 Å². The summed E-state index contributed by atoms with van der Waals surface area (Å²) in [6, 6.07) is -0.111. The zero-order valence-corrected chi connectivity index (χ0v) is 12.0. The first-order chi connectivity index (χ1) is 8.79. The number of nitrogens with zero attached hydrogens (tertiary/aromatic N) is 1. The van der Waals surface area contributed by atoms with E-state index in [1.54, 1.807) is 4.90 Å². The Hall–Kier alpha value is -1.26. The zero-order chi connectivity index (χ0) is 14.2. The Balaban J connectivity index is 1.82. The molecule has 3 atom stereocenters. The summed E-state index contributed by atoms with van der Waals surface area (Å²) in [4.78, 5) is 24.8. The summed E-state index contributed by atoms with van der Waals surface area (Å²) in [5, 5.41) is 12.0. The number of hydrogen-bond donors (Lipinski definition) is 2. The van der Waals surface area contributed by atoms with Crippen LogP contribution in [0.1, 0.15) is 33.6 Å². The van der Waals surface area contributed by atoms with Crippen molar-refractivity contribution in [3.63, 3.8) is 0 Å². The van der Waals surface area contributed by atoms with Crippen LogP contribution in [0.25, 0.3) is 0 Å². The van der Waals surface area contributed by atoms with Crippen LogP contribution in [0.2, 0.25) is 0 Å². The van der Waals surface area contributed by atoms with Crippen molar-refractivity contribution in [3.05, 3.63) is 0 Å². The van der Waals surface area contributed by atoms with Gasteiger partial charge in [-0.25, -0.2) is 4.79 Å². The third kappa shape index (κ3) is 3.39. The van der Waals surface area contributed by atoms with E-state index in [1.807, 2.05) is 6.92 Å². The molecule has 5 nitrogen and oxygen atoms in total. The van der Waals surface area contributed by atoms with E-state index in [1.165, 1.54) is 0 Å². The van der Waals surface area contributed by atoms with Gasteiger partial charge < -0.3 is 15.3 Å². The lowest BCUT2D eigenvalue weighted by Gasteiger charge is -2.34. The maximum atomic E-state index is 12.1. The molecule has 3 unspecified atom stereocenters. The predicted molar refractivity (Wildman–Crippen MR) is 71.8 cm³/mol. The molecule has 1 saturated heterocycles. The van der Waals surface area contributed by atoms with Crippen LogP contribution in [0.5, 0.6) is 0 Å². The number of carboxylic acid groups (broad SMARTS) is 1. The second kappa shape index (κ2) is 5.02. The van der Waals surface area contributed by atoms with Crippen LogP contribution in [0.4, 0.5) is 4.79 Å². The van der Waals surface area contributed by atoms with Crippen LogP contribution < -0.4 is 5.32 Å². The molecule has 19 heavy (non-hydrogen) atoms. The third-order valence-corrected chi connectivity index (χ3v) is 4.51. The Bertz CT molecular complexity index is 381. The van der Waals surface area contributed by atoms with Gasteiger partial charge in [-0.2, -0.15) is 0 Å². The summed E-state index contributed by atoms with van der Waals surface area (Å²) in [6.07, 6.45) is 1.82. The highest BCUT2D eigenvalue weighted by atomic mass is 16.4. The van der Waals surface area contributed by atoms with E-state index < -0.39 is 11.9 Å². The smallest absolute Gasteiger partial charge is 0.317 e. The zero-order valence-electron chi connectivity index (χ0n) is 12.0. The number of piperidine rings is 1. The fourth-order valence-electron chi connectivity index (χ4n) is 2.94. The number of urea groups is 1. The normalized spacial score (nSPS) is 32.8. The van der Waals surface area contributed by atoms with Crippen LogP contribution in [0.3, 0.4) is 0 Å². The fraction of sp³-hybridized carbons (Fsp3) is 0.857. The molecular formula is C14H24N2O3. The number of carbonyl (C=O) groups excluding carboxylic acids is 1. The van der Waals surface area contributed by atoms with Gasteiger partial charge in [0.1, 0.15) is 0 Å². The molecule has 2 aliphatic rings. The molecule has 0 aromatic rings. The molecule has 0 radical (unpaired) electrons. The maximum Gasteiger partial charge on any atom is 0.317 e. The second-order valence-corrected chi connectivity index (χ2v) is 6.86. The number of carbonyl (C=O) groups is 2. The minimum Gasteiger partial charge on any atom is -0.481 e. The van der Waals surface area contributed by atoms with Gasteiger partial charge in [0, 0.05) is 19.6 Å². The number of aliphatic carboxylic acids is 1. The molecule has 1 aliphatic carbocycles. The predicted octanol–water partition coefficient (Wildman–Crippen LogP) is 1.78. The molecule has 1 saturated carbocycles. The van der Waals surface area contributed by atoms with Crippen molar-refractivity contribution in [2.24, 2.45) is 23.2 Å². The highest BCUT2D eigenvalue weighted by Crippen LogP contribution is 2.50. The number of carboxylic acids is 1. The van der Waals surface area contributed by atoms with E-state index in [0.29, 0.717) is 37.4 Å². The largest absolute Gasteiger partial charge is 0.481 e. The molecular weight excluding hydrogens is 244 g/mol. The van der Waals surface area contributed by atoms with Crippen molar-refractivity contribution in [2.75, 3.05) is 19.6 Å². The molecule has 1 heterocycles. The number of amides is 2. The van der Waals surface area contributed by atoms with E-state index in [4.69, 9.17) is 5.11 Å². The number of nitrogens with one attached hydrogen (secondary N) is 1. The van der Waals surface area contributed by atoms with E-state index in [2.05, 4.69) is 19.2 Å². The van der Waals surface area contributed by atoms with Crippen molar-refractivity contribution < 1.29 is 14.7 Å². The van der Waals surface area contributed by atoms with Gasteiger partial charge in [0.2, 0.25) is 0 Å². The summed E-state index contributed by atoms with van der Waals surface area (Å²) < 4.78 is 0. The molecule has 0 bridgehead atoms. The highest BCUT2D eigenvalue weighted by Gasteiger charge is 2.45. The molecule has 5 heteroatoms. The van der Waals surface area contributed by atoms with Crippen molar-refractivity contribution in [1.82, 2.24) is 10.2 Å². The Morgan fingerprint density at radius 2 is 2.00 bits per heavy atom. The molecule has 2 fully saturated rings. The van der Waals surface area contributed by atoms with Crippen LogP contribution in [-0.4, -0.2) is 41.6 Å². The minimum absolute atomic E-state index is 0.111. The summed E-state index contributed by atoms with van der Waals surface area (Å²) in [7, 11) is 0. The van der Waals surface area contributed by atoms with Gasteiger partial charge in [0.05, 0.1) is 5.92 Å². The Morgan fingerprint density at radius 1 is 1.37 bits per heavy atom. The first kappa shape index (κ1) is 14.2. The third-order valence-electron chi connectivity index (χ3n) is 4.51. The highest BCUT2D eigenvalue weighted by molar-refractivity contribution is 5.76. The number of hydrogen-bond acceptors (Lipinski definition) is 2. The first-order valence-electron chi connectivity index (χ1n) is 7.05. The molecule has 0 aromatic carbocycles. The topological polar surface area (TPSA) is 69.6 Å². The van der Waals surface area contributed by atoms with Gasteiger partial charge in [-0.1, -0.05) is 20.8 Å². The summed E-state index contributed by atoms with van der Waals surface area (Å²) in [5.74, 6) is -0.411. The standard InChI is InChI=1S/C14H24N2O3/c1-9-4-10(12(17)18)8-16(7-9)13(19)15-6-11-5-14(11,2)3/h9-11H,4-8H2,1-3H3,(H,15,19)(H,17,18). The summed E-state index contributed by atoms with van der Waals surface area (Å²) in [6.45, 7) is 8.09. The number of likely N-dealkylation sites (tertiary alicyclic amines) is 1. The molecule has 108 valence electrons.